The minimum Gasteiger partial charge on any atom is -0.353 e. The molecule has 3 rings (SSSR count). The van der Waals surface area contributed by atoms with E-state index in [0.29, 0.717) is 29.5 Å². The maximum atomic E-state index is 13.8. The first kappa shape index (κ1) is 15.7. The van der Waals surface area contributed by atoms with E-state index in [-0.39, 0.29) is 23.3 Å². The number of benzene rings is 1. The molecule has 1 atom stereocenters. The van der Waals surface area contributed by atoms with Gasteiger partial charge in [0.15, 0.2) is 11.6 Å². The van der Waals surface area contributed by atoms with Crippen molar-refractivity contribution in [3.8, 4) is 0 Å². The molecular formula is C19H20FNO2. The van der Waals surface area contributed by atoms with Gasteiger partial charge in [0.1, 0.15) is 5.82 Å². The summed E-state index contributed by atoms with van der Waals surface area (Å²) in [5, 5.41) is 0. The SMILES string of the molecule is CC(=O)c1cn(C)c2c1C(=O)CC(c1ccc(C)c(F)c1)CC2. The van der Waals surface area contributed by atoms with Gasteiger partial charge < -0.3 is 4.57 Å². The lowest BCUT2D eigenvalue weighted by molar-refractivity contribution is 0.0957. The highest BCUT2D eigenvalue weighted by Gasteiger charge is 2.29. The number of nitrogens with zero attached hydrogens (tertiary/aromatic N) is 1. The van der Waals surface area contributed by atoms with Crippen LogP contribution < -0.4 is 0 Å². The standard InChI is InChI=1S/C19H20FNO2/c1-11-4-5-13(8-16(11)20)14-6-7-17-19(18(23)9-14)15(12(2)22)10-21(17)3/h4-5,8,10,14H,6-7,9H2,1-3H3. The van der Waals surface area contributed by atoms with Crippen LogP contribution in [0.2, 0.25) is 0 Å². The van der Waals surface area contributed by atoms with Crippen molar-refractivity contribution < 1.29 is 14.0 Å². The van der Waals surface area contributed by atoms with Crippen molar-refractivity contribution in [3.05, 3.63) is 58.2 Å². The summed E-state index contributed by atoms with van der Waals surface area (Å²) in [6, 6.07) is 5.20. The molecule has 1 aromatic carbocycles. The zero-order chi connectivity index (χ0) is 16.7. The number of hydrogen-bond acceptors (Lipinski definition) is 2. The minimum atomic E-state index is -0.235. The lowest BCUT2D eigenvalue weighted by Gasteiger charge is -2.14. The number of fused-ring (bicyclic) bond motifs is 1. The largest absolute Gasteiger partial charge is 0.353 e. The van der Waals surface area contributed by atoms with Gasteiger partial charge in [-0.3, -0.25) is 9.59 Å². The van der Waals surface area contributed by atoms with Crippen molar-refractivity contribution in [1.29, 1.82) is 0 Å². The summed E-state index contributed by atoms with van der Waals surface area (Å²) >= 11 is 0. The van der Waals surface area contributed by atoms with Crippen LogP contribution in [0.3, 0.4) is 0 Å². The first-order chi connectivity index (χ1) is 10.9. The molecule has 1 aliphatic carbocycles. The zero-order valence-electron chi connectivity index (χ0n) is 13.6. The zero-order valence-corrected chi connectivity index (χ0v) is 13.6. The third-order valence-electron chi connectivity index (χ3n) is 4.79. The lowest BCUT2D eigenvalue weighted by Crippen LogP contribution is -2.08. The Kier molecular flexibility index (Phi) is 3.92. The van der Waals surface area contributed by atoms with Crippen molar-refractivity contribution >= 4 is 11.6 Å². The number of halogens is 1. The van der Waals surface area contributed by atoms with Crippen LogP contribution >= 0.6 is 0 Å². The summed E-state index contributed by atoms with van der Waals surface area (Å²) in [6.45, 7) is 3.22. The Bertz CT molecular complexity index is 804. The maximum absolute atomic E-state index is 13.8. The Hall–Kier alpha value is -2.23. The fourth-order valence-electron chi connectivity index (χ4n) is 3.43. The number of carbonyl (C=O) groups is 2. The van der Waals surface area contributed by atoms with Gasteiger partial charge in [-0.15, -0.1) is 0 Å². The van der Waals surface area contributed by atoms with Gasteiger partial charge in [0.05, 0.1) is 0 Å². The number of aromatic nitrogens is 1. The molecule has 0 saturated heterocycles. The monoisotopic (exact) mass is 313 g/mol. The average molecular weight is 313 g/mol. The van der Waals surface area contributed by atoms with E-state index in [1.165, 1.54) is 13.0 Å². The molecular weight excluding hydrogens is 293 g/mol. The van der Waals surface area contributed by atoms with E-state index in [0.717, 1.165) is 17.7 Å². The van der Waals surface area contributed by atoms with Gasteiger partial charge in [0.2, 0.25) is 0 Å². The summed E-state index contributed by atoms with van der Waals surface area (Å²) < 4.78 is 15.7. The van der Waals surface area contributed by atoms with Gasteiger partial charge in [-0.05, 0) is 49.8 Å². The summed E-state index contributed by atoms with van der Waals surface area (Å²) in [6.07, 6.45) is 3.55. The third-order valence-corrected chi connectivity index (χ3v) is 4.79. The summed E-state index contributed by atoms with van der Waals surface area (Å²) in [5.74, 6) is -0.352. The van der Waals surface area contributed by atoms with Crippen LogP contribution in [-0.4, -0.2) is 16.1 Å². The van der Waals surface area contributed by atoms with Crippen molar-refractivity contribution in [1.82, 2.24) is 4.57 Å². The fraction of sp³-hybridized carbons (Fsp3) is 0.368. The molecule has 0 aliphatic heterocycles. The second kappa shape index (κ2) is 5.76. The Morgan fingerprint density at radius 2 is 2.09 bits per heavy atom. The van der Waals surface area contributed by atoms with Gasteiger partial charge in [-0.25, -0.2) is 4.39 Å². The van der Waals surface area contributed by atoms with Crippen molar-refractivity contribution in [2.24, 2.45) is 7.05 Å². The minimum absolute atomic E-state index is 0.00944. The van der Waals surface area contributed by atoms with Gasteiger partial charge in [-0.1, -0.05) is 12.1 Å². The Morgan fingerprint density at radius 1 is 1.35 bits per heavy atom. The quantitative estimate of drug-likeness (QED) is 0.621. The van der Waals surface area contributed by atoms with E-state index >= 15 is 0 Å². The molecule has 0 N–H and O–H groups in total. The molecule has 0 bridgehead atoms. The Balaban J connectivity index is 1.98. The van der Waals surface area contributed by atoms with Crippen molar-refractivity contribution in [2.45, 2.75) is 39.0 Å². The summed E-state index contributed by atoms with van der Waals surface area (Å²) in [4.78, 5) is 24.5. The van der Waals surface area contributed by atoms with E-state index in [1.807, 2.05) is 17.7 Å². The highest BCUT2D eigenvalue weighted by molar-refractivity contribution is 6.09. The average Bonchev–Trinajstić information content (AvgIpc) is 2.73. The number of aryl methyl sites for hydroxylation is 2. The van der Waals surface area contributed by atoms with E-state index in [4.69, 9.17) is 0 Å². The van der Waals surface area contributed by atoms with Crippen LogP contribution in [0.1, 0.15) is 63.2 Å². The van der Waals surface area contributed by atoms with E-state index < -0.39 is 0 Å². The molecule has 0 radical (unpaired) electrons. The molecule has 1 aromatic heterocycles. The highest BCUT2D eigenvalue weighted by atomic mass is 19.1. The van der Waals surface area contributed by atoms with E-state index in [1.54, 1.807) is 19.2 Å². The van der Waals surface area contributed by atoms with Crippen molar-refractivity contribution in [3.63, 3.8) is 0 Å². The summed E-state index contributed by atoms with van der Waals surface area (Å²) in [7, 11) is 1.87. The number of rotatable bonds is 2. The molecule has 3 nitrogen and oxygen atoms in total. The summed E-state index contributed by atoms with van der Waals surface area (Å²) in [5.41, 5.74) is 3.45. The number of carbonyl (C=O) groups excluding carboxylic acids is 2. The maximum Gasteiger partial charge on any atom is 0.166 e. The Morgan fingerprint density at radius 3 is 2.74 bits per heavy atom. The fourth-order valence-corrected chi connectivity index (χ4v) is 3.43. The smallest absolute Gasteiger partial charge is 0.166 e. The van der Waals surface area contributed by atoms with Crippen LogP contribution in [0.15, 0.2) is 24.4 Å². The predicted octanol–water partition coefficient (Wildman–Crippen LogP) is 3.98. The van der Waals surface area contributed by atoms with Gasteiger partial charge in [-0.2, -0.15) is 0 Å². The van der Waals surface area contributed by atoms with Crippen LogP contribution in [-0.2, 0) is 13.5 Å². The first-order valence-corrected chi connectivity index (χ1v) is 7.87. The van der Waals surface area contributed by atoms with E-state index in [2.05, 4.69) is 0 Å². The third kappa shape index (κ3) is 2.74. The topological polar surface area (TPSA) is 39.1 Å². The molecule has 1 unspecified atom stereocenters. The molecule has 23 heavy (non-hydrogen) atoms. The molecule has 4 heteroatoms. The second-order valence-electron chi connectivity index (χ2n) is 6.40. The number of Topliss-reactive ketones (excluding diaryl/α,β-unsaturated/α-hetero) is 2. The Labute approximate surface area is 135 Å². The predicted molar refractivity (Wildman–Crippen MR) is 86.6 cm³/mol. The number of ketones is 2. The second-order valence-corrected chi connectivity index (χ2v) is 6.40. The molecule has 1 aliphatic rings. The molecule has 120 valence electrons. The molecule has 1 heterocycles. The van der Waals surface area contributed by atoms with Crippen molar-refractivity contribution in [2.75, 3.05) is 0 Å². The molecule has 0 fully saturated rings. The lowest BCUT2D eigenvalue weighted by atomic mass is 9.90. The molecule has 0 amide bonds. The highest BCUT2D eigenvalue weighted by Crippen LogP contribution is 2.34. The van der Waals surface area contributed by atoms with Gasteiger partial charge in [0.25, 0.3) is 0 Å². The molecule has 0 spiro atoms. The van der Waals surface area contributed by atoms with Crippen LogP contribution in [0.25, 0.3) is 0 Å². The van der Waals surface area contributed by atoms with Crippen LogP contribution in [0.5, 0.6) is 0 Å². The van der Waals surface area contributed by atoms with Gasteiger partial charge in [0, 0.05) is 36.5 Å². The molecule has 2 aromatic rings. The number of hydrogen-bond donors (Lipinski definition) is 0. The van der Waals surface area contributed by atoms with Crippen LogP contribution in [0, 0.1) is 12.7 Å². The van der Waals surface area contributed by atoms with Crippen LogP contribution in [0.4, 0.5) is 4.39 Å². The van der Waals surface area contributed by atoms with E-state index in [9.17, 15) is 14.0 Å². The normalized spacial score (nSPS) is 17.7. The molecule has 0 saturated carbocycles. The van der Waals surface area contributed by atoms with Gasteiger partial charge >= 0.3 is 0 Å². The first-order valence-electron chi connectivity index (χ1n) is 7.87.